The Hall–Kier alpha value is -0.850. The van der Waals surface area contributed by atoms with Crippen molar-refractivity contribution in [3.63, 3.8) is 0 Å². The highest BCUT2D eigenvalue weighted by Crippen LogP contribution is 2.22. The van der Waals surface area contributed by atoms with Crippen LogP contribution in [0.1, 0.15) is 27.7 Å². The Labute approximate surface area is 119 Å². The summed E-state index contributed by atoms with van der Waals surface area (Å²) in [6, 6.07) is 1.40. The predicted molar refractivity (Wildman–Crippen MR) is 78.1 cm³/mol. The normalized spacial score (nSPS) is 12.5. The molecular weight excluding hydrogens is 286 g/mol. The molecule has 0 unspecified atom stereocenters. The Morgan fingerprint density at radius 2 is 2.00 bits per heavy atom. The summed E-state index contributed by atoms with van der Waals surface area (Å²) in [7, 11) is -3.57. The van der Waals surface area contributed by atoms with Gasteiger partial charge >= 0.3 is 0 Å². The Kier molecular flexibility index (Phi) is 5.18. The number of halogens is 1. The highest BCUT2D eigenvalue weighted by molar-refractivity contribution is 7.89. The van der Waals surface area contributed by atoms with Gasteiger partial charge in [-0.3, -0.25) is 0 Å². The maximum Gasteiger partial charge on any atom is 0.242 e. The second-order valence-corrected chi connectivity index (χ2v) is 7.59. The summed E-state index contributed by atoms with van der Waals surface area (Å²) in [5.41, 5.74) is -0.131. The van der Waals surface area contributed by atoms with E-state index in [2.05, 4.69) is 15.0 Å². The van der Waals surface area contributed by atoms with Crippen LogP contribution in [-0.2, 0) is 10.0 Å². The number of anilines is 1. The molecule has 1 rings (SSSR count). The molecule has 0 aliphatic rings. The molecule has 0 bridgehead atoms. The van der Waals surface area contributed by atoms with Crippen molar-refractivity contribution >= 4 is 27.4 Å². The summed E-state index contributed by atoms with van der Waals surface area (Å²) < 4.78 is 26.7. The van der Waals surface area contributed by atoms with Crippen molar-refractivity contribution in [3.8, 4) is 0 Å². The van der Waals surface area contributed by atoms with E-state index < -0.39 is 10.0 Å². The van der Waals surface area contributed by atoms with E-state index in [4.69, 9.17) is 11.6 Å². The van der Waals surface area contributed by atoms with Gasteiger partial charge in [-0.2, -0.15) is 0 Å². The fourth-order valence-corrected chi connectivity index (χ4v) is 2.81. The summed E-state index contributed by atoms with van der Waals surface area (Å²) in [5.74, 6) is 0.485. The molecule has 5 nitrogen and oxygen atoms in total. The van der Waals surface area contributed by atoms with Gasteiger partial charge in [-0.05, 0) is 18.4 Å². The zero-order valence-corrected chi connectivity index (χ0v) is 13.2. The number of nitrogens with one attached hydrogen (secondary N) is 2. The highest BCUT2D eigenvalue weighted by Gasteiger charge is 2.19. The average Bonchev–Trinajstić information content (AvgIpc) is 2.29. The molecule has 0 aliphatic carbocycles. The molecule has 0 radical (unpaired) electrons. The van der Waals surface area contributed by atoms with Gasteiger partial charge in [-0.15, -0.1) is 0 Å². The van der Waals surface area contributed by atoms with Crippen LogP contribution in [0, 0.1) is 5.41 Å². The van der Waals surface area contributed by atoms with Crippen molar-refractivity contribution in [3.05, 3.63) is 17.3 Å². The molecule has 0 aromatic carbocycles. The number of hydrogen-bond donors (Lipinski definition) is 2. The van der Waals surface area contributed by atoms with E-state index in [1.807, 2.05) is 27.7 Å². The lowest BCUT2D eigenvalue weighted by Crippen LogP contribution is -2.32. The maximum atomic E-state index is 12.1. The van der Waals surface area contributed by atoms with Crippen LogP contribution in [0.4, 0.5) is 5.82 Å². The van der Waals surface area contributed by atoms with Crippen LogP contribution in [0.25, 0.3) is 0 Å². The molecule has 0 fully saturated rings. The van der Waals surface area contributed by atoms with E-state index in [9.17, 15) is 8.42 Å². The fraction of sp³-hybridized carbons (Fsp3) is 0.583. The summed E-state index contributed by atoms with van der Waals surface area (Å²) in [5, 5.41) is 3.24. The molecule has 0 spiro atoms. The van der Waals surface area contributed by atoms with Crippen molar-refractivity contribution in [2.24, 2.45) is 5.41 Å². The molecule has 108 valence electrons. The van der Waals surface area contributed by atoms with Gasteiger partial charge in [0.25, 0.3) is 0 Å². The van der Waals surface area contributed by atoms with Gasteiger partial charge in [-0.1, -0.05) is 32.4 Å². The van der Waals surface area contributed by atoms with Crippen molar-refractivity contribution in [2.45, 2.75) is 32.6 Å². The predicted octanol–water partition coefficient (Wildman–Crippen LogP) is 2.49. The lowest BCUT2D eigenvalue weighted by molar-refractivity contribution is 0.407. The van der Waals surface area contributed by atoms with Crippen molar-refractivity contribution in [1.82, 2.24) is 9.71 Å². The topological polar surface area (TPSA) is 71.1 Å². The van der Waals surface area contributed by atoms with Crippen molar-refractivity contribution in [2.75, 3.05) is 18.4 Å². The fourth-order valence-electron chi connectivity index (χ4n) is 1.26. The summed E-state index contributed by atoms with van der Waals surface area (Å²) in [6.45, 7) is 8.79. The van der Waals surface area contributed by atoms with E-state index in [1.165, 1.54) is 12.3 Å². The van der Waals surface area contributed by atoms with Crippen LogP contribution in [0.2, 0.25) is 5.02 Å². The monoisotopic (exact) mass is 305 g/mol. The van der Waals surface area contributed by atoms with Crippen LogP contribution in [0.15, 0.2) is 17.2 Å². The molecule has 1 aromatic rings. The molecule has 7 heteroatoms. The molecule has 0 saturated heterocycles. The zero-order chi connectivity index (χ0) is 14.7. The quantitative estimate of drug-likeness (QED) is 0.877. The van der Waals surface area contributed by atoms with Crippen LogP contribution >= 0.6 is 11.6 Å². The number of nitrogens with zero attached hydrogens (tertiary/aromatic N) is 1. The van der Waals surface area contributed by atoms with Gasteiger partial charge in [-0.25, -0.2) is 18.1 Å². The molecule has 2 N–H and O–H groups in total. The third-order valence-electron chi connectivity index (χ3n) is 2.26. The first-order valence-electron chi connectivity index (χ1n) is 6.05. The standard InChI is InChI=1S/C12H20ClN3O2S/c1-5-14-11-10(13)6-9(7-15-11)19(17,18)16-8-12(2,3)4/h6-7,16H,5,8H2,1-4H3,(H,14,15). The molecule has 0 saturated carbocycles. The van der Waals surface area contributed by atoms with E-state index >= 15 is 0 Å². The minimum absolute atomic E-state index is 0.0726. The number of hydrogen-bond acceptors (Lipinski definition) is 4. The number of sulfonamides is 1. The number of pyridine rings is 1. The molecule has 0 amide bonds. The van der Waals surface area contributed by atoms with Crippen LogP contribution < -0.4 is 10.0 Å². The zero-order valence-electron chi connectivity index (χ0n) is 11.6. The lowest BCUT2D eigenvalue weighted by Gasteiger charge is -2.18. The molecule has 19 heavy (non-hydrogen) atoms. The summed E-state index contributed by atoms with van der Waals surface area (Å²) >= 11 is 5.99. The van der Waals surface area contributed by atoms with Gasteiger partial charge < -0.3 is 5.32 Å². The first-order valence-corrected chi connectivity index (χ1v) is 7.91. The SMILES string of the molecule is CCNc1ncc(S(=O)(=O)NCC(C)(C)C)cc1Cl. The van der Waals surface area contributed by atoms with E-state index in [0.717, 1.165) is 0 Å². The molecule has 1 aromatic heterocycles. The van der Waals surface area contributed by atoms with E-state index in [1.54, 1.807) is 0 Å². The molecule has 1 heterocycles. The van der Waals surface area contributed by atoms with Crippen molar-refractivity contribution < 1.29 is 8.42 Å². The first-order chi connectivity index (χ1) is 8.65. The second kappa shape index (κ2) is 6.07. The Morgan fingerprint density at radius 3 is 2.47 bits per heavy atom. The summed E-state index contributed by atoms with van der Waals surface area (Å²) in [6.07, 6.45) is 1.30. The molecule has 0 aliphatic heterocycles. The Balaban J connectivity index is 2.93. The van der Waals surface area contributed by atoms with Crippen LogP contribution in [-0.4, -0.2) is 26.5 Å². The van der Waals surface area contributed by atoms with Crippen LogP contribution in [0.3, 0.4) is 0 Å². The molecule has 0 atom stereocenters. The minimum Gasteiger partial charge on any atom is -0.369 e. The van der Waals surface area contributed by atoms with E-state index in [0.29, 0.717) is 23.9 Å². The maximum absolute atomic E-state index is 12.1. The van der Waals surface area contributed by atoms with Gasteiger partial charge in [0.05, 0.1) is 5.02 Å². The Morgan fingerprint density at radius 1 is 1.37 bits per heavy atom. The minimum atomic E-state index is -3.57. The first kappa shape index (κ1) is 16.2. The van der Waals surface area contributed by atoms with Crippen LogP contribution in [0.5, 0.6) is 0 Å². The second-order valence-electron chi connectivity index (χ2n) is 5.42. The highest BCUT2D eigenvalue weighted by atomic mass is 35.5. The van der Waals surface area contributed by atoms with Gasteiger partial charge in [0, 0.05) is 19.3 Å². The lowest BCUT2D eigenvalue weighted by atomic mass is 9.98. The third-order valence-corrected chi connectivity index (χ3v) is 3.92. The smallest absolute Gasteiger partial charge is 0.242 e. The largest absolute Gasteiger partial charge is 0.369 e. The summed E-state index contributed by atoms with van der Waals surface area (Å²) in [4.78, 5) is 4.09. The molecular formula is C12H20ClN3O2S. The van der Waals surface area contributed by atoms with Gasteiger partial charge in [0.2, 0.25) is 10.0 Å². The Bertz CT molecular complexity index is 538. The van der Waals surface area contributed by atoms with E-state index in [-0.39, 0.29) is 10.3 Å². The number of aromatic nitrogens is 1. The average molecular weight is 306 g/mol. The van der Waals surface area contributed by atoms with Gasteiger partial charge in [0.1, 0.15) is 10.7 Å². The third kappa shape index (κ3) is 4.97. The van der Waals surface area contributed by atoms with Gasteiger partial charge in [0.15, 0.2) is 0 Å². The van der Waals surface area contributed by atoms with Crippen molar-refractivity contribution in [1.29, 1.82) is 0 Å². The number of rotatable bonds is 5.